The molecule has 88 valence electrons. The van der Waals surface area contributed by atoms with E-state index in [4.69, 9.17) is 0 Å². The van der Waals surface area contributed by atoms with E-state index in [1.165, 1.54) is 28.4 Å². The van der Waals surface area contributed by atoms with Crippen LogP contribution in [0.3, 0.4) is 0 Å². The van der Waals surface area contributed by atoms with Gasteiger partial charge in [-0.05, 0) is 0 Å². The quantitative estimate of drug-likeness (QED) is 0.335. The molecule has 0 fully saturated rings. The molecule has 0 saturated heterocycles. The first-order valence-corrected chi connectivity index (χ1v) is 3.89. The van der Waals surface area contributed by atoms with Crippen LogP contribution in [0, 0.1) is 0 Å². The second-order valence-electron chi connectivity index (χ2n) is 2.21. The molecule has 0 radical (unpaired) electrons. The Kier molecular flexibility index (Phi) is 6.54. The molecule has 0 aromatic heterocycles. The molecule has 0 aliphatic heterocycles. The third-order valence-corrected chi connectivity index (χ3v) is 1.37. The minimum atomic E-state index is -1.03. The Morgan fingerprint density at radius 1 is 0.933 bits per heavy atom. The lowest BCUT2D eigenvalue weighted by Crippen LogP contribution is -2.44. The number of amides is 2. The fraction of sp³-hybridized carbons (Fsp3) is 0.714. The Morgan fingerprint density at radius 2 is 1.47 bits per heavy atom. The number of hydrogen-bond acceptors (Lipinski definition) is 6. The number of ether oxygens (including phenoxy) is 1. The predicted molar refractivity (Wildman–Crippen MR) is 46.6 cm³/mol. The zero-order chi connectivity index (χ0) is 11.8. The predicted octanol–water partition coefficient (Wildman–Crippen LogP) is -1.07. The molecule has 0 atom stereocenters. The minimum Gasteiger partial charge on any atom is -0.362 e. The highest BCUT2D eigenvalue weighted by atomic mass is 16.9. The van der Waals surface area contributed by atoms with Crippen molar-refractivity contribution in [1.82, 2.24) is 10.3 Å². The average molecular weight is 222 g/mol. The van der Waals surface area contributed by atoms with Gasteiger partial charge in [0.15, 0.2) is 0 Å². The second-order valence-corrected chi connectivity index (χ2v) is 2.21. The van der Waals surface area contributed by atoms with Crippen molar-refractivity contribution in [1.29, 1.82) is 0 Å². The number of hydrogen-bond donors (Lipinski definition) is 0. The molecule has 0 spiro atoms. The van der Waals surface area contributed by atoms with E-state index in [1.807, 2.05) is 0 Å². The molecule has 15 heavy (non-hydrogen) atoms. The fourth-order valence-electron chi connectivity index (χ4n) is 0.737. The van der Waals surface area contributed by atoms with E-state index in [-0.39, 0.29) is 6.73 Å². The molecule has 2 amide bonds. The van der Waals surface area contributed by atoms with Crippen LogP contribution in [0.5, 0.6) is 0 Å². The van der Waals surface area contributed by atoms with E-state index in [0.29, 0.717) is 10.3 Å². The number of rotatable bonds is 5. The van der Waals surface area contributed by atoms with E-state index < -0.39 is 11.8 Å². The van der Waals surface area contributed by atoms with Gasteiger partial charge in [-0.1, -0.05) is 5.23 Å². The van der Waals surface area contributed by atoms with Gasteiger partial charge in [0.1, 0.15) is 6.73 Å². The summed E-state index contributed by atoms with van der Waals surface area (Å²) < 4.78 is 4.64. The molecule has 0 aromatic rings. The lowest BCUT2D eigenvalue weighted by atomic mass is 10.6. The van der Waals surface area contributed by atoms with Crippen LogP contribution in [0.2, 0.25) is 0 Å². The largest absolute Gasteiger partial charge is 0.363 e. The highest BCUT2D eigenvalue weighted by molar-refractivity contribution is 6.33. The van der Waals surface area contributed by atoms with Crippen molar-refractivity contribution in [2.45, 2.75) is 0 Å². The van der Waals surface area contributed by atoms with Crippen LogP contribution in [-0.4, -0.2) is 57.3 Å². The molecule has 0 rings (SSSR count). The summed E-state index contributed by atoms with van der Waals surface area (Å²) in [6.45, 7) is -0.178. The first kappa shape index (κ1) is 13.8. The number of carbonyl (C=O) groups is 2. The van der Waals surface area contributed by atoms with E-state index in [9.17, 15) is 9.59 Å². The summed E-state index contributed by atoms with van der Waals surface area (Å²) in [5.74, 6) is -2.00. The lowest BCUT2D eigenvalue weighted by Gasteiger charge is -2.20. The first-order chi connectivity index (χ1) is 7.12. The van der Waals surface area contributed by atoms with Crippen molar-refractivity contribution in [3.05, 3.63) is 0 Å². The van der Waals surface area contributed by atoms with Crippen LogP contribution in [-0.2, 0) is 28.8 Å². The topological polar surface area (TPSA) is 77.5 Å². The number of methoxy groups -OCH3 is 1. The molecule has 0 saturated carbocycles. The highest BCUT2D eigenvalue weighted by Gasteiger charge is 2.28. The van der Waals surface area contributed by atoms with Gasteiger partial charge in [0.25, 0.3) is 0 Å². The summed E-state index contributed by atoms with van der Waals surface area (Å²) >= 11 is 0. The van der Waals surface area contributed by atoms with Gasteiger partial charge in [-0.2, -0.15) is 5.06 Å². The number of nitrogens with zero attached hydrogens (tertiary/aromatic N) is 2. The summed E-state index contributed by atoms with van der Waals surface area (Å²) in [4.78, 5) is 36.3. The molecule has 8 nitrogen and oxygen atoms in total. The molecule has 0 bridgehead atoms. The molecule has 0 unspecified atom stereocenters. The van der Waals surface area contributed by atoms with Gasteiger partial charge in [-0.25, -0.2) is 9.68 Å². The first-order valence-electron chi connectivity index (χ1n) is 3.89. The van der Waals surface area contributed by atoms with Crippen LogP contribution in [0.1, 0.15) is 0 Å². The van der Waals surface area contributed by atoms with E-state index in [2.05, 4.69) is 19.2 Å². The Hall–Kier alpha value is -1.22. The average Bonchev–Trinajstić information content (AvgIpc) is 2.26. The van der Waals surface area contributed by atoms with E-state index in [0.717, 1.165) is 0 Å². The van der Waals surface area contributed by atoms with Gasteiger partial charge in [0.2, 0.25) is 0 Å². The minimum absolute atomic E-state index is 0.178. The van der Waals surface area contributed by atoms with Crippen LogP contribution in [0.15, 0.2) is 0 Å². The van der Waals surface area contributed by atoms with Crippen molar-refractivity contribution in [2.75, 3.05) is 35.2 Å². The second kappa shape index (κ2) is 7.12. The summed E-state index contributed by atoms with van der Waals surface area (Å²) in [7, 11) is 4.95. The molecule has 0 aliphatic rings. The van der Waals surface area contributed by atoms with Crippen LogP contribution < -0.4 is 0 Å². The van der Waals surface area contributed by atoms with Gasteiger partial charge in [0, 0.05) is 7.11 Å². The van der Waals surface area contributed by atoms with Crippen LogP contribution in [0.4, 0.5) is 0 Å². The maximum absolute atomic E-state index is 11.4. The van der Waals surface area contributed by atoms with E-state index in [1.54, 1.807) is 0 Å². The molecule has 0 N–H and O–H groups in total. The number of hydroxylamine groups is 4. The lowest BCUT2D eigenvalue weighted by molar-refractivity contribution is -0.317. The summed E-state index contributed by atoms with van der Waals surface area (Å²) in [6.07, 6.45) is 0. The van der Waals surface area contributed by atoms with Gasteiger partial charge < -0.3 is 4.74 Å². The standard InChI is InChI=1S/C7H14N2O6/c1-12-5-8(13-2)6(10)7(11)9(14-3)15-4/h5H2,1-4H3. The normalized spacial score (nSPS) is 9.87. The molecular weight excluding hydrogens is 208 g/mol. The Balaban J connectivity index is 4.45. The van der Waals surface area contributed by atoms with Gasteiger partial charge in [-0.15, -0.1) is 0 Å². The van der Waals surface area contributed by atoms with Gasteiger partial charge in [0.05, 0.1) is 21.3 Å². The van der Waals surface area contributed by atoms with Crippen molar-refractivity contribution >= 4 is 11.8 Å². The Morgan fingerprint density at radius 3 is 1.80 bits per heavy atom. The SMILES string of the molecule is COCN(OC)C(=O)C(=O)N(OC)OC. The van der Waals surface area contributed by atoms with E-state index >= 15 is 0 Å². The van der Waals surface area contributed by atoms with Gasteiger partial charge in [-0.3, -0.25) is 14.4 Å². The third-order valence-electron chi connectivity index (χ3n) is 1.37. The van der Waals surface area contributed by atoms with Crippen molar-refractivity contribution in [3.8, 4) is 0 Å². The molecule has 0 heterocycles. The molecule has 0 aliphatic carbocycles. The van der Waals surface area contributed by atoms with Crippen LogP contribution >= 0.6 is 0 Å². The summed E-state index contributed by atoms with van der Waals surface area (Å²) in [5, 5.41) is 1.14. The van der Waals surface area contributed by atoms with Crippen molar-refractivity contribution in [3.63, 3.8) is 0 Å². The Bertz CT molecular complexity index is 218. The van der Waals surface area contributed by atoms with Gasteiger partial charge >= 0.3 is 11.8 Å². The van der Waals surface area contributed by atoms with Crippen molar-refractivity contribution < 1.29 is 28.8 Å². The smallest absolute Gasteiger partial charge is 0.362 e. The summed E-state index contributed by atoms with van der Waals surface area (Å²) in [6, 6.07) is 0. The molecule has 8 heteroatoms. The Labute approximate surface area is 87.1 Å². The maximum atomic E-state index is 11.4. The number of carbonyl (C=O) groups excluding carboxylic acids is 2. The van der Waals surface area contributed by atoms with Crippen LogP contribution in [0.25, 0.3) is 0 Å². The highest BCUT2D eigenvalue weighted by Crippen LogP contribution is 1.97. The zero-order valence-electron chi connectivity index (χ0n) is 9.05. The zero-order valence-corrected chi connectivity index (χ0v) is 9.05. The fourth-order valence-corrected chi connectivity index (χ4v) is 0.737. The monoisotopic (exact) mass is 222 g/mol. The molecular formula is C7H14N2O6. The van der Waals surface area contributed by atoms with Crippen molar-refractivity contribution in [2.24, 2.45) is 0 Å². The summed E-state index contributed by atoms with van der Waals surface area (Å²) in [5.41, 5.74) is 0. The molecule has 0 aromatic carbocycles. The third kappa shape index (κ3) is 3.80. The maximum Gasteiger partial charge on any atom is 0.363 e.